The van der Waals surface area contributed by atoms with E-state index in [1.165, 1.54) is 0 Å². The molecular formula is C9H11KO5S. The molecule has 0 aromatic heterocycles. The minimum Gasteiger partial charge on any atom is -0.747 e. The van der Waals surface area contributed by atoms with Crippen molar-refractivity contribution in [2.75, 3.05) is 6.61 Å². The van der Waals surface area contributed by atoms with Gasteiger partial charge in [-0.15, -0.1) is 6.42 Å². The van der Waals surface area contributed by atoms with Gasteiger partial charge < -0.3 is 9.29 Å². The van der Waals surface area contributed by atoms with Crippen LogP contribution in [0.2, 0.25) is 0 Å². The number of hydrogen-bond donors (Lipinski definition) is 0. The van der Waals surface area contributed by atoms with Gasteiger partial charge in [-0.3, -0.25) is 4.79 Å². The molecule has 16 heavy (non-hydrogen) atoms. The fourth-order valence-electron chi connectivity index (χ4n) is 1.55. The summed E-state index contributed by atoms with van der Waals surface area (Å²) < 4.78 is 37.3. The molecule has 0 amide bonds. The van der Waals surface area contributed by atoms with Gasteiger partial charge >= 0.3 is 51.4 Å². The van der Waals surface area contributed by atoms with Crippen molar-refractivity contribution in [3.63, 3.8) is 0 Å². The van der Waals surface area contributed by atoms with Gasteiger partial charge in [-0.25, -0.2) is 8.42 Å². The van der Waals surface area contributed by atoms with Crippen LogP contribution in [0.25, 0.3) is 0 Å². The summed E-state index contributed by atoms with van der Waals surface area (Å²) in [6, 6.07) is 0. The van der Waals surface area contributed by atoms with E-state index in [0.29, 0.717) is 6.42 Å². The third-order valence-corrected chi connectivity index (χ3v) is 3.45. The van der Waals surface area contributed by atoms with E-state index < -0.39 is 27.3 Å². The first-order valence-corrected chi connectivity index (χ1v) is 5.94. The van der Waals surface area contributed by atoms with Gasteiger partial charge in [-0.2, -0.15) is 0 Å². The molecule has 5 nitrogen and oxygen atoms in total. The molecule has 1 saturated carbocycles. The smallest absolute Gasteiger partial charge is 0.747 e. The number of ketones is 1. The maximum atomic E-state index is 11.2. The van der Waals surface area contributed by atoms with E-state index in [9.17, 15) is 17.8 Å². The Balaban J connectivity index is 0.00000225. The summed E-state index contributed by atoms with van der Waals surface area (Å²) in [5, 5.41) is -1.46. The van der Waals surface area contributed by atoms with Crippen LogP contribution in [0, 0.1) is 12.3 Å². The maximum Gasteiger partial charge on any atom is 1.00 e. The van der Waals surface area contributed by atoms with Crippen LogP contribution in [0.1, 0.15) is 19.3 Å². The second-order valence-electron chi connectivity index (χ2n) is 3.36. The number of terminal acetylenes is 1. The van der Waals surface area contributed by atoms with Gasteiger partial charge in [0.15, 0.2) is 0 Å². The molecule has 1 rings (SSSR count). The van der Waals surface area contributed by atoms with Gasteiger partial charge in [0.05, 0.1) is 6.10 Å². The summed E-state index contributed by atoms with van der Waals surface area (Å²) in [7, 11) is -4.56. The van der Waals surface area contributed by atoms with Crippen molar-refractivity contribution in [1.29, 1.82) is 0 Å². The molecule has 1 fully saturated rings. The molecular weight excluding hydrogens is 259 g/mol. The molecule has 0 aromatic carbocycles. The number of carbonyl (C=O) groups is 1. The standard InChI is InChI=1S/C9H12O5S.K/c1-2-5-14-7-3-4-8(10)9(6-7)15(11,12)13;/h1,7,9H,3-6H2,(H,11,12,13);/q;+1/p-1. The van der Waals surface area contributed by atoms with Crippen molar-refractivity contribution in [3.05, 3.63) is 0 Å². The molecule has 0 radical (unpaired) electrons. The minimum absolute atomic E-state index is 0. The van der Waals surface area contributed by atoms with E-state index in [1.807, 2.05) is 0 Å². The van der Waals surface area contributed by atoms with Crippen LogP contribution in [0.5, 0.6) is 0 Å². The van der Waals surface area contributed by atoms with Crippen molar-refractivity contribution < 1.29 is 73.9 Å². The van der Waals surface area contributed by atoms with Gasteiger partial charge in [0.25, 0.3) is 0 Å². The van der Waals surface area contributed by atoms with Crippen LogP contribution in [-0.4, -0.2) is 36.7 Å². The maximum absolute atomic E-state index is 11.2. The van der Waals surface area contributed by atoms with Crippen LogP contribution in [0.3, 0.4) is 0 Å². The van der Waals surface area contributed by atoms with Crippen LogP contribution in [0.4, 0.5) is 0 Å². The minimum atomic E-state index is -4.56. The largest absolute Gasteiger partial charge is 1.00 e. The van der Waals surface area contributed by atoms with Crippen molar-refractivity contribution >= 4 is 15.9 Å². The molecule has 0 bridgehead atoms. The monoisotopic (exact) mass is 270 g/mol. The molecule has 0 aromatic rings. The SMILES string of the molecule is C#CCOC1CCC(=O)C(S(=O)(=O)[O-])C1.[K+]. The molecule has 7 heteroatoms. The fraction of sp³-hybridized carbons (Fsp3) is 0.667. The Morgan fingerprint density at radius 3 is 2.69 bits per heavy atom. The van der Waals surface area contributed by atoms with Crippen molar-refractivity contribution in [1.82, 2.24) is 0 Å². The van der Waals surface area contributed by atoms with Crippen molar-refractivity contribution in [3.8, 4) is 12.3 Å². The first kappa shape index (κ1) is 16.7. The Kier molecular flexibility index (Phi) is 7.57. The van der Waals surface area contributed by atoms with E-state index in [2.05, 4.69) is 5.92 Å². The van der Waals surface area contributed by atoms with Gasteiger partial charge in [-0.1, -0.05) is 5.92 Å². The Labute approximate surface area is 137 Å². The molecule has 2 unspecified atom stereocenters. The first-order chi connectivity index (χ1) is 6.95. The average Bonchev–Trinajstić information content (AvgIpc) is 2.15. The summed E-state index contributed by atoms with van der Waals surface area (Å²) in [5.41, 5.74) is 0. The van der Waals surface area contributed by atoms with Gasteiger partial charge in [0.2, 0.25) is 0 Å². The number of Topliss-reactive ketones (excluding diaryl/α,β-unsaturated/α-hetero) is 1. The van der Waals surface area contributed by atoms with E-state index in [0.717, 1.165) is 0 Å². The second kappa shape index (κ2) is 7.23. The van der Waals surface area contributed by atoms with E-state index >= 15 is 0 Å². The molecule has 1 aliphatic rings. The summed E-state index contributed by atoms with van der Waals surface area (Å²) in [6.45, 7) is 0.0600. The predicted molar refractivity (Wildman–Crippen MR) is 50.9 cm³/mol. The topological polar surface area (TPSA) is 83.5 Å². The predicted octanol–water partition coefficient (Wildman–Crippen LogP) is -3.32. The van der Waals surface area contributed by atoms with Crippen molar-refractivity contribution in [2.45, 2.75) is 30.6 Å². The van der Waals surface area contributed by atoms with E-state index in [1.54, 1.807) is 0 Å². The Hall–Kier alpha value is 0.736. The van der Waals surface area contributed by atoms with Crippen LogP contribution < -0.4 is 51.4 Å². The molecule has 0 aliphatic heterocycles. The van der Waals surface area contributed by atoms with Crippen LogP contribution >= 0.6 is 0 Å². The Morgan fingerprint density at radius 1 is 1.56 bits per heavy atom. The van der Waals surface area contributed by atoms with Crippen molar-refractivity contribution in [2.24, 2.45) is 0 Å². The zero-order chi connectivity index (χ0) is 11.5. The second-order valence-corrected chi connectivity index (χ2v) is 4.91. The quantitative estimate of drug-likeness (QED) is 0.304. The summed E-state index contributed by atoms with van der Waals surface area (Å²) >= 11 is 0. The number of hydrogen-bond acceptors (Lipinski definition) is 5. The summed E-state index contributed by atoms with van der Waals surface area (Å²) in [4.78, 5) is 11.2. The van der Waals surface area contributed by atoms with Gasteiger partial charge in [0, 0.05) is 6.42 Å². The number of ether oxygens (including phenoxy) is 1. The zero-order valence-corrected chi connectivity index (χ0v) is 12.9. The molecule has 1 aliphatic carbocycles. The molecule has 0 heterocycles. The fourth-order valence-corrected chi connectivity index (χ4v) is 2.44. The number of carbonyl (C=O) groups excluding carboxylic acids is 1. The Morgan fingerprint density at radius 2 is 2.19 bits per heavy atom. The third-order valence-electron chi connectivity index (χ3n) is 2.30. The summed E-state index contributed by atoms with van der Waals surface area (Å²) in [6.07, 6.45) is 4.96. The zero-order valence-electron chi connectivity index (χ0n) is 9.01. The van der Waals surface area contributed by atoms with Crippen LogP contribution in [0.15, 0.2) is 0 Å². The normalized spacial score (nSPS) is 25.6. The molecule has 0 saturated heterocycles. The van der Waals surface area contributed by atoms with Gasteiger partial charge in [-0.05, 0) is 12.8 Å². The molecule has 2 atom stereocenters. The summed E-state index contributed by atoms with van der Waals surface area (Å²) in [5.74, 6) is 1.72. The average molecular weight is 270 g/mol. The third kappa shape index (κ3) is 4.94. The molecule has 0 spiro atoms. The van der Waals surface area contributed by atoms with E-state index in [-0.39, 0.29) is 70.8 Å². The molecule has 84 valence electrons. The van der Waals surface area contributed by atoms with Crippen LogP contribution in [-0.2, 0) is 19.6 Å². The molecule has 0 N–H and O–H groups in total. The van der Waals surface area contributed by atoms with E-state index in [4.69, 9.17) is 11.2 Å². The van der Waals surface area contributed by atoms with Gasteiger partial charge in [0.1, 0.15) is 27.8 Å². The first-order valence-electron chi connectivity index (χ1n) is 4.47. The number of rotatable bonds is 3. The Bertz CT molecular complexity index is 383.